The largest absolute Gasteiger partial charge is 0.495 e. The van der Waals surface area contributed by atoms with Crippen molar-refractivity contribution in [2.75, 3.05) is 13.7 Å². The molecule has 0 saturated carbocycles. The highest BCUT2D eigenvalue weighted by molar-refractivity contribution is 5.43. The van der Waals surface area contributed by atoms with Crippen LogP contribution >= 0.6 is 0 Å². The van der Waals surface area contributed by atoms with E-state index in [4.69, 9.17) is 4.74 Å². The topological polar surface area (TPSA) is 38.6 Å². The second-order valence-electron chi connectivity index (χ2n) is 4.50. The molecule has 3 rings (SSSR count). The Bertz CT molecular complexity index is 514. The van der Waals surface area contributed by atoms with Gasteiger partial charge in [0.2, 0.25) is 0 Å². The van der Waals surface area contributed by atoms with E-state index in [1.807, 2.05) is 22.7 Å². The Morgan fingerprint density at radius 2 is 2.29 bits per heavy atom. The zero-order chi connectivity index (χ0) is 11.7. The first-order valence-corrected chi connectivity index (χ1v) is 6.13. The molecular weight excluding hydrogens is 214 g/mol. The van der Waals surface area contributed by atoms with Gasteiger partial charge in [-0.2, -0.15) is 0 Å². The number of fused-ring (bicyclic) bond motifs is 1. The van der Waals surface area contributed by atoms with Gasteiger partial charge in [-0.3, -0.25) is 0 Å². The average Bonchev–Trinajstić information content (AvgIpc) is 2.82. The molecule has 0 amide bonds. The van der Waals surface area contributed by atoms with Crippen LogP contribution in [0.25, 0.3) is 5.65 Å². The quantitative estimate of drug-likeness (QED) is 0.860. The van der Waals surface area contributed by atoms with Gasteiger partial charge in [0.25, 0.3) is 0 Å². The molecule has 0 spiro atoms. The van der Waals surface area contributed by atoms with Crippen molar-refractivity contribution in [1.29, 1.82) is 0 Å². The average molecular weight is 231 g/mol. The van der Waals surface area contributed by atoms with Crippen LogP contribution in [0.1, 0.15) is 31.0 Å². The third kappa shape index (κ3) is 2.00. The Morgan fingerprint density at radius 1 is 1.35 bits per heavy atom. The van der Waals surface area contributed by atoms with E-state index in [0.29, 0.717) is 6.04 Å². The van der Waals surface area contributed by atoms with E-state index in [9.17, 15) is 0 Å². The fourth-order valence-corrected chi connectivity index (χ4v) is 2.38. The predicted octanol–water partition coefficient (Wildman–Crippen LogP) is 2.16. The van der Waals surface area contributed by atoms with Crippen LogP contribution in [0.15, 0.2) is 24.5 Å². The summed E-state index contributed by atoms with van der Waals surface area (Å²) in [7, 11) is 1.68. The Kier molecular flexibility index (Phi) is 2.73. The molecule has 0 bridgehead atoms. The molecule has 4 nitrogen and oxygen atoms in total. The molecule has 1 aliphatic heterocycles. The van der Waals surface area contributed by atoms with Gasteiger partial charge in [0, 0.05) is 6.20 Å². The van der Waals surface area contributed by atoms with E-state index in [-0.39, 0.29) is 0 Å². The number of pyridine rings is 1. The number of nitrogens with zero attached hydrogens (tertiary/aromatic N) is 2. The van der Waals surface area contributed by atoms with Crippen LogP contribution in [-0.2, 0) is 0 Å². The Labute approximate surface area is 101 Å². The predicted molar refractivity (Wildman–Crippen MR) is 66.3 cm³/mol. The second-order valence-corrected chi connectivity index (χ2v) is 4.50. The molecule has 1 atom stereocenters. The zero-order valence-corrected chi connectivity index (χ0v) is 10.0. The van der Waals surface area contributed by atoms with Crippen molar-refractivity contribution in [3.63, 3.8) is 0 Å². The molecule has 3 heterocycles. The molecule has 2 aromatic heterocycles. The number of piperidine rings is 1. The lowest BCUT2D eigenvalue weighted by Crippen LogP contribution is -2.26. The second kappa shape index (κ2) is 4.37. The number of aromatic nitrogens is 2. The highest BCUT2D eigenvalue weighted by atomic mass is 16.5. The Balaban J connectivity index is 1.95. The van der Waals surface area contributed by atoms with Crippen molar-refractivity contribution in [3.05, 3.63) is 30.2 Å². The minimum Gasteiger partial charge on any atom is -0.495 e. The van der Waals surface area contributed by atoms with Gasteiger partial charge in [-0.1, -0.05) is 6.42 Å². The molecule has 17 heavy (non-hydrogen) atoms. The van der Waals surface area contributed by atoms with Crippen molar-refractivity contribution in [2.45, 2.75) is 25.3 Å². The Hall–Kier alpha value is -1.55. The normalized spacial score (nSPS) is 20.6. The summed E-state index contributed by atoms with van der Waals surface area (Å²) in [6.07, 6.45) is 7.81. The van der Waals surface area contributed by atoms with E-state index >= 15 is 0 Å². The molecule has 0 radical (unpaired) electrons. The number of nitrogens with one attached hydrogen (secondary N) is 1. The lowest BCUT2D eigenvalue weighted by molar-refractivity contribution is 0.406. The van der Waals surface area contributed by atoms with Crippen LogP contribution in [0.3, 0.4) is 0 Å². The molecule has 1 aliphatic rings. The van der Waals surface area contributed by atoms with Crippen molar-refractivity contribution >= 4 is 5.65 Å². The molecule has 0 aromatic carbocycles. The summed E-state index contributed by atoms with van der Waals surface area (Å²) in [5.74, 6) is 0.859. The molecule has 4 heteroatoms. The third-order valence-corrected chi connectivity index (χ3v) is 3.35. The van der Waals surface area contributed by atoms with E-state index in [1.165, 1.54) is 19.3 Å². The van der Waals surface area contributed by atoms with Crippen LogP contribution < -0.4 is 10.1 Å². The van der Waals surface area contributed by atoms with Crippen molar-refractivity contribution in [3.8, 4) is 5.75 Å². The minimum absolute atomic E-state index is 0.412. The fraction of sp³-hybridized carbons (Fsp3) is 0.462. The van der Waals surface area contributed by atoms with E-state index in [2.05, 4.69) is 16.5 Å². The molecule has 1 fully saturated rings. The van der Waals surface area contributed by atoms with Crippen LogP contribution in [0.5, 0.6) is 5.75 Å². The highest BCUT2D eigenvalue weighted by Crippen LogP contribution is 2.23. The number of ether oxygens (including phenoxy) is 1. The van der Waals surface area contributed by atoms with Crippen LogP contribution in [0, 0.1) is 0 Å². The molecule has 1 unspecified atom stereocenters. The van der Waals surface area contributed by atoms with E-state index in [1.54, 1.807) is 7.11 Å². The lowest BCUT2D eigenvalue weighted by atomic mass is 10.0. The third-order valence-electron chi connectivity index (χ3n) is 3.35. The molecular formula is C13H17N3O. The monoisotopic (exact) mass is 231 g/mol. The summed E-state index contributed by atoms with van der Waals surface area (Å²) in [6, 6.07) is 4.35. The zero-order valence-electron chi connectivity index (χ0n) is 10.0. The van der Waals surface area contributed by atoms with Gasteiger partial charge < -0.3 is 14.5 Å². The first-order chi connectivity index (χ1) is 8.36. The maximum absolute atomic E-state index is 5.21. The summed E-state index contributed by atoms with van der Waals surface area (Å²) in [6.45, 7) is 1.10. The maximum atomic E-state index is 5.21. The molecule has 1 saturated heterocycles. The van der Waals surface area contributed by atoms with Gasteiger partial charge in [0.15, 0.2) is 0 Å². The number of methoxy groups -OCH3 is 1. The first kappa shape index (κ1) is 10.6. The number of imidazole rings is 1. The van der Waals surface area contributed by atoms with E-state index < -0.39 is 0 Å². The van der Waals surface area contributed by atoms with Crippen LogP contribution in [-0.4, -0.2) is 23.0 Å². The maximum Gasteiger partial charge on any atom is 0.137 e. The smallest absolute Gasteiger partial charge is 0.137 e. The summed E-state index contributed by atoms with van der Waals surface area (Å²) in [4.78, 5) is 4.66. The summed E-state index contributed by atoms with van der Waals surface area (Å²) in [5, 5.41) is 3.52. The van der Waals surface area contributed by atoms with Crippen molar-refractivity contribution in [2.24, 2.45) is 0 Å². The summed E-state index contributed by atoms with van der Waals surface area (Å²) in [5.41, 5.74) is 2.12. The molecule has 0 aliphatic carbocycles. The number of hydrogen-bond acceptors (Lipinski definition) is 3. The molecule has 1 N–H and O–H groups in total. The lowest BCUT2D eigenvalue weighted by Gasteiger charge is -2.21. The van der Waals surface area contributed by atoms with Gasteiger partial charge in [-0.25, -0.2) is 4.98 Å². The van der Waals surface area contributed by atoms with Crippen LogP contribution in [0.2, 0.25) is 0 Å². The fourth-order valence-electron chi connectivity index (χ4n) is 2.38. The van der Waals surface area contributed by atoms with Crippen LogP contribution in [0.4, 0.5) is 0 Å². The van der Waals surface area contributed by atoms with Crippen molar-refractivity contribution < 1.29 is 4.74 Å². The molecule has 2 aromatic rings. The Morgan fingerprint density at radius 3 is 3.06 bits per heavy atom. The van der Waals surface area contributed by atoms with E-state index in [0.717, 1.165) is 23.6 Å². The van der Waals surface area contributed by atoms with Crippen molar-refractivity contribution in [1.82, 2.24) is 14.7 Å². The minimum atomic E-state index is 0.412. The number of rotatable bonds is 2. The number of hydrogen-bond donors (Lipinski definition) is 1. The summed E-state index contributed by atoms with van der Waals surface area (Å²) >= 11 is 0. The van der Waals surface area contributed by atoms with Gasteiger partial charge >= 0.3 is 0 Å². The van der Waals surface area contributed by atoms with Gasteiger partial charge in [0.1, 0.15) is 11.4 Å². The highest BCUT2D eigenvalue weighted by Gasteiger charge is 2.17. The van der Waals surface area contributed by atoms with Gasteiger partial charge in [-0.15, -0.1) is 0 Å². The standard InChI is InChI=1S/C13H17N3O/c1-17-10-5-6-13-15-12(9-16(13)8-10)11-4-2-3-7-14-11/h5-6,8-9,11,14H,2-4,7H2,1H3. The van der Waals surface area contributed by atoms with Gasteiger partial charge in [0.05, 0.1) is 25.0 Å². The summed E-state index contributed by atoms with van der Waals surface area (Å²) < 4.78 is 7.24. The SMILES string of the molecule is COc1ccc2nc(C3CCCCN3)cn2c1. The first-order valence-electron chi connectivity index (χ1n) is 6.13. The molecule has 90 valence electrons. The van der Waals surface area contributed by atoms with Gasteiger partial charge in [-0.05, 0) is 31.5 Å².